The number of amides is 1. The second-order valence-corrected chi connectivity index (χ2v) is 6.60. The Labute approximate surface area is 149 Å². The number of ether oxygens (including phenoxy) is 1. The lowest BCUT2D eigenvalue weighted by molar-refractivity contribution is -0.128. The van der Waals surface area contributed by atoms with Gasteiger partial charge in [-0.05, 0) is 61.8 Å². The van der Waals surface area contributed by atoms with Crippen LogP contribution in [0.2, 0.25) is 0 Å². The summed E-state index contributed by atoms with van der Waals surface area (Å²) >= 11 is 0. The number of fused-ring (bicyclic) bond motifs is 1. The number of carbonyl (C=O) groups excluding carboxylic acids is 1. The maximum atomic E-state index is 12.4. The minimum Gasteiger partial charge on any atom is -0.481 e. The quantitative estimate of drug-likeness (QED) is 0.751. The minimum atomic E-state index is -0.435. The summed E-state index contributed by atoms with van der Waals surface area (Å²) in [4.78, 5) is 16.4. The predicted molar refractivity (Wildman–Crippen MR) is 97.6 cm³/mol. The maximum Gasteiger partial charge on any atom is 0.261 e. The molecule has 3 rings (SSSR count). The molecule has 5 nitrogen and oxygen atoms in total. The maximum absolute atomic E-state index is 12.4. The van der Waals surface area contributed by atoms with Gasteiger partial charge in [0.2, 0.25) is 0 Å². The van der Waals surface area contributed by atoms with Crippen LogP contribution in [0.1, 0.15) is 43.7 Å². The molecule has 0 fully saturated rings. The molecule has 1 aromatic carbocycles. The zero-order valence-electron chi connectivity index (χ0n) is 14.9. The molecular formula is C20H27N3O2. The van der Waals surface area contributed by atoms with Crippen molar-refractivity contribution in [1.82, 2.24) is 14.9 Å². The van der Waals surface area contributed by atoms with Crippen molar-refractivity contribution in [1.29, 1.82) is 0 Å². The number of carbonyl (C=O) groups is 1. The van der Waals surface area contributed by atoms with Gasteiger partial charge >= 0.3 is 0 Å². The molecule has 0 saturated carbocycles. The Morgan fingerprint density at radius 3 is 2.92 bits per heavy atom. The lowest BCUT2D eigenvalue weighted by Gasteiger charge is -2.20. The van der Waals surface area contributed by atoms with Gasteiger partial charge in [-0.15, -0.1) is 0 Å². The van der Waals surface area contributed by atoms with Crippen LogP contribution in [-0.4, -0.2) is 28.1 Å². The second kappa shape index (κ2) is 8.70. The molecule has 5 heteroatoms. The fourth-order valence-corrected chi connectivity index (χ4v) is 3.28. The van der Waals surface area contributed by atoms with E-state index in [1.54, 1.807) is 12.5 Å². The molecule has 0 aliphatic heterocycles. The fraction of sp³-hybridized carbons (Fsp3) is 0.500. The fourth-order valence-electron chi connectivity index (χ4n) is 3.28. The summed E-state index contributed by atoms with van der Waals surface area (Å²) in [5.74, 6) is 0.770. The number of aryl methyl sites for hydroxylation is 3. The van der Waals surface area contributed by atoms with Crippen LogP contribution in [0.15, 0.2) is 36.9 Å². The molecule has 1 aliphatic rings. The van der Waals surface area contributed by atoms with E-state index in [1.807, 2.05) is 23.8 Å². The van der Waals surface area contributed by atoms with E-state index in [4.69, 9.17) is 4.74 Å². The minimum absolute atomic E-state index is 0.0362. The van der Waals surface area contributed by atoms with E-state index in [2.05, 4.69) is 22.4 Å². The van der Waals surface area contributed by atoms with Crippen molar-refractivity contribution in [3.05, 3.63) is 48.0 Å². The van der Waals surface area contributed by atoms with Gasteiger partial charge in [0.15, 0.2) is 6.10 Å². The smallest absolute Gasteiger partial charge is 0.261 e. The first-order chi connectivity index (χ1) is 12.3. The first-order valence-electron chi connectivity index (χ1n) is 9.28. The average Bonchev–Trinajstić information content (AvgIpc) is 3.16. The van der Waals surface area contributed by atoms with Gasteiger partial charge in [0.05, 0.1) is 6.33 Å². The van der Waals surface area contributed by atoms with E-state index in [-0.39, 0.29) is 5.91 Å². The number of hydrogen-bond donors (Lipinski definition) is 1. The van der Waals surface area contributed by atoms with Gasteiger partial charge in [-0.1, -0.05) is 13.0 Å². The van der Waals surface area contributed by atoms with Gasteiger partial charge in [-0.25, -0.2) is 4.98 Å². The Balaban J connectivity index is 1.48. The normalized spacial score (nSPS) is 14.6. The zero-order chi connectivity index (χ0) is 17.5. The number of nitrogens with one attached hydrogen (secondary N) is 1. The lowest BCUT2D eigenvalue weighted by Crippen LogP contribution is -2.38. The molecule has 0 bridgehead atoms. The van der Waals surface area contributed by atoms with Crippen LogP contribution in [0.5, 0.6) is 5.75 Å². The molecule has 0 spiro atoms. The highest BCUT2D eigenvalue weighted by Crippen LogP contribution is 2.26. The molecular weight excluding hydrogens is 314 g/mol. The van der Waals surface area contributed by atoms with Gasteiger partial charge < -0.3 is 14.6 Å². The van der Waals surface area contributed by atoms with Gasteiger partial charge in [-0.2, -0.15) is 0 Å². The van der Waals surface area contributed by atoms with Crippen LogP contribution in [0.3, 0.4) is 0 Å². The van der Waals surface area contributed by atoms with E-state index < -0.39 is 6.10 Å². The highest BCUT2D eigenvalue weighted by molar-refractivity contribution is 5.81. The number of imidazole rings is 1. The van der Waals surface area contributed by atoms with Crippen LogP contribution in [-0.2, 0) is 24.2 Å². The number of rotatable bonds is 8. The van der Waals surface area contributed by atoms with Crippen molar-refractivity contribution < 1.29 is 9.53 Å². The SMILES string of the molecule is CC[C@@H](Oc1ccc2c(c1)CCCC2)C(=O)NCCCn1ccnc1. The second-order valence-electron chi connectivity index (χ2n) is 6.60. The number of hydrogen-bond acceptors (Lipinski definition) is 3. The molecule has 1 atom stereocenters. The molecule has 1 aromatic heterocycles. The van der Waals surface area contributed by atoms with Crippen molar-refractivity contribution in [3.63, 3.8) is 0 Å². The third-order valence-electron chi connectivity index (χ3n) is 4.71. The first kappa shape index (κ1) is 17.5. The van der Waals surface area contributed by atoms with E-state index in [0.717, 1.165) is 31.6 Å². The largest absolute Gasteiger partial charge is 0.481 e. The summed E-state index contributed by atoms with van der Waals surface area (Å²) in [5.41, 5.74) is 2.80. The molecule has 1 aliphatic carbocycles. The van der Waals surface area contributed by atoms with Crippen LogP contribution < -0.4 is 10.1 Å². The predicted octanol–water partition coefficient (Wildman–Crippen LogP) is 3.13. The molecule has 0 unspecified atom stereocenters. The Hall–Kier alpha value is -2.30. The van der Waals surface area contributed by atoms with Crippen molar-refractivity contribution in [3.8, 4) is 5.75 Å². The first-order valence-corrected chi connectivity index (χ1v) is 9.28. The van der Waals surface area contributed by atoms with Crippen molar-refractivity contribution in [2.75, 3.05) is 6.54 Å². The molecule has 1 N–H and O–H groups in total. The summed E-state index contributed by atoms with van der Waals surface area (Å²) in [6.45, 7) is 3.47. The third-order valence-corrected chi connectivity index (χ3v) is 4.71. The summed E-state index contributed by atoms with van der Waals surface area (Å²) in [7, 11) is 0. The van der Waals surface area contributed by atoms with Crippen molar-refractivity contribution in [2.24, 2.45) is 0 Å². The Morgan fingerprint density at radius 2 is 2.16 bits per heavy atom. The summed E-state index contributed by atoms with van der Waals surface area (Å²) in [5, 5.41) is 2.98. The van der Waals surface area contributed by atoms with E-state index in [9.17, 15) is 4.79 Å². The van der Waals surface area contributed by atoms with Gasteiger partial charge in [-0.3, -0.25) is 4.79 Å². The van der Waals surface area contributed by atoms with Crippen molar-refractivity contribution >= 4 is 5.91 Å². The molecule has 134 valence electrons. The van der Waals surface area contributed by atoms with Crippen LogP contribution in [0.4, 0.5) is 0 Å². The van der Waals surface area contributed by atoms with Crippen LogP contribution in [0.25, 0.3) is 0 Å². The summed E-state index contributed by atoms with van der Waals surface area (Å²) in [6, 6.07) is 6.27. The molecule has 0 saturated heterocycles. The Bertz CT molecular complexity index is 682. The topological polar surface area (TPSA) is 56.1 Å². The lowest BCUT2D eigenvalue weighted by atomic mass is 9.92. The summed E-state index contributed by atoms with van der Waals surface area (Å²) in [6.07, 6.45) is 11.4. The molecule has 0 radical (unpaired) electrons. The van der Waals surface area contributed by atoms with E-state index in [0.29, 0.717) is 13.0 Å². The summed E-state index contributed by atoms with van der Waals surface area (Å²) < 4.78 is 7.97. The highest BCUT2D eigenvalue weighted by Gasteiger charge is 2.19. The highest BCUT2D eigenvalue weighted by atomic mass is 16.5. The monoisotopic (exact) mass is 341 g/mol. The van der Waals surface area contributed by atoms with Crippen LogP contribution >= 0.6 is 0 Å². The number of benzene rings is 1. The average molecular weight is 341 g/mol. The van der Waals surface area contributed by atoms with Gasteiger partial charge in [0.25, 0.3) is 5.91 Å². The number of aromatic nitrogens is 2. The number of nitrogens with zero attached hydrogens (tertiary/aromatic N) is 2. The van der Waals surface area contributed by atoms with Crippen molar-refractivity contribution in [2.45, 2.75) is 58.1 Å². The Morgan fingerprint density at radius 1 is 1.32 bits per heavy atom. The molecule has 1 amide bonds. The Kier molecular flexibility index (Phi) is 6.09. The van der Waals surface area contributed by atoms with Gasteiger partial charge in [0, 0.05) is 25.5 Å². The van der Waals surface area contributed by atoms with E-state index in [1.165, 1.54) is 24.0 Å². The van der Waals surface area contributed by atoms with Gasteiger partial charge in [0.1, 0.15) is 5.75 Å². The molecule has 2 aromatic rings. The third kappa shape index (κ3) is 4.84. The zero-order valence-corrected chi connectivity index (χ0v) is 14.9. The molecule has 1 heterocycles. The molecule has 25 heavy (non-hydrogen) atoms. The van der Waals surface area contributed by atoms with E-state index >= 15 is 0 Å². The van der Waals surface area contributed by atoms with Crippen LogP contribution in [0, 0.1) is 0 Å². The standard InChI is InChI=1S/C20H27N3O2/c1-2-19(20(24)22-10-5-12-23-13-11-21-15-23)25-18-9-8-16-6-3-4-7-17(16)14-18/h8-9,11,13-15,19H,2-7,10,12H2,1H3,(H,22,24)/t19-/m1/s1.